The molecule has 7 heteroatoms. The second kappa shape index (κ2) is 8.63. The van der Waals surface area contributed by atoms with E-state index in [1.54, 1.807) is 25.6 Å². The van der Waals surface area contributed by atoms with Gasteiger partial charge in [-0.25, -0.2) is 0 Å². The van der Waals surface area contributed by atoms with Crippen LogP contribution in [0.1, 0.15) is 27.7 Å². The summed E-state index contributed by atoms with van der Waals surface area (Å²) in [5.74, 6) is 0.817. The van der Waals surface area contributed by atoms with Crippen LogP contribution in [0.4, 0.5) is 0 Å². The van der Waals surface area contributed by atoms with Crippen LogP contribution in [0.3, 0.4) is 0 Å². The van der Waals surface area contributed by atoms with Gasteiger partial charge in [-0.3, -0.25) is 14.7 Å². The molecule has 4 rings (SSSR count). The van der Waals surface area contributed by atoms with Crippen LogP contribution in [0, 0.1) is 6.92 Å². The Morgan fingerprint density at radius 2 is 2.00 bits per heavy atom. The molecule has 0 bridgehead atoms. The van der Waals surface area contributed by atoms with Crippen LogP contribution in [0.5, 0.6) is 5.75 Å². The smallest absolute Gasteiger partial charge is 0.287 e. The summed E-state index contributed by atoms with van der Waals surface area (Å²) in [6.07, 6.45) is 3.56. The molecule has 1 aliphatic heterocycles. The molecule has 1 N–H and O–H groups in total. The zero-order valence-electron chi connectivity index (χ0n) is 16.7. The van der Waals surface area contributed by atoms with E-state index in [2.05, 4.69) is 15.2 Å². The molecule has 152 valence electrons. The Hall–Kier alpha value is -2.90. The zero-order chi connectivity index (χ0) is 20.2. The number of furan rings is 1. The number of pyridine rings is 1. The maximum absolute atomic E-state index is 12.9. The fraction of sp³-hybridized carbons (Fsp3) is 0.364. The van der Waals surface area contributed by atoms with Crippen molar-refractivity contribution in [1.82, 2.24) is 15.2 Å². The summed E-state index contributed by atoms with van der Waals surface area (Å²) in [7, 11) is 1.61. The van der Waals surface area contributed by atoms with E-state index in [1.807, 2.05) is 31.2 Å². The van der Waals surface area contributed by atoms with Gasteiger partial charge in [0.25, 0.3) is 5.91 Å². The molecular formula is C22H25N3O4. The normalized spacial score (nSPS) is 15.9. The molecule has 3 heterocycles. The topological polar surface area (TPSA) is 76.8 Å². The minimum Gasteiger partial charge on any atom is -0.497 e. The van der Waals surface area contributed by atoms with E-state index in [-0.39, 0.29) is 11.9 Å². The lowest BCUT2D eigenvalue weighted by atomic mass is 10.1. The first kappa shape index (κ1) is 19.4. The van der Waals surface area contributed by atoms with Crippen molar-refractivity contribution >= 4 is 16.9 Å². The number of hydrogen-bond donors (Lipinski definition) is 1. The molecule has 1 atom stereocenters. The monoisotopic (exact) mass is 395 g/mol. The largest absolute Gasteiger partial charge is 0.497 e. The Kier molecular flexibility index (Phi) is 5.78. The highest BCUT2D eigenvalue weighted by molar-refractivity contribution is 5.99. The van der Waals surface area contributed by atoms with Crippen molar-refractivity contribution in [1.29, 1.82) is 0 Å². The van der Waals surface area contributed by atoms with Crippen LogP contribution in [0.25, 0.3) is 11.0 Å². The molecule has 1 aromatic carbocycles. The Balaban J connectivity index is 1.53. The van der Waals surface area contributed by atoms with Gasteiger partial charge in [0.2, 0.25) is 0 Å². The van der Waals surface area contributed by atoms with Crippen LogP contribution in [-0.4, -0.2) is 55.7 Å². The van der Waals surface area contributed by atoms with Crippen molar-refractivity contribution in [2.24, 2.45) is 0 Å². The van der Waals surface area contributed by atoms with Gasteiger partial charge in [-0.05, 0) is 36.8 Å². The second-order valence-corrected chi connectivity index (χ2v) is 7.07. The number of aryl methyl sites for hydroxylation is 1. The van der Waals surface area contributed by atoms with Crippen molar-refractivity contribution in [3.63, 3.8) is 0 Å². The number of nitrogens with one attached hydrogen (secondary N) is 1. The van der Waals surface area contributed by atoms with Gasteiger partial charge in [0.15, 0.2) is 5.76 Å². The predicted octanol–water partition coefficient (Wildman–Crippen LogP) is 2.95. The van der Waals surface area contributed by atoms with E-state index in [0.717, 1.165) is 29.6 Å². The summed E-state index contributed by atoms with van der Waals surface area (Å²) in [6.45, 7) is 5.41. The number of fused-ring (bicyclic) bond motifs is 1. The Morgan fingerprint density at radius 1 is 1.24 bits per heavy atom. The van der Waals surface area contributed by atoms with E-state index in [9.17, 15) is 4.79 Å². The van der Waals surface area contributed by atoms with Gasteiger partial charge >= 0.3 is 0 Å². The molecule has 1 fully saturated rings. The molecule has 1 saturated heterocycles. The van der Waals surface area contributed by atoms with E-state index < -0.39 is 0 Å². The van der Waals surface area contributed by atoms with E-state index >= 15 is 0 Å². The van der Waals surface area contributed by atoms with Crippen molar-refractivity contribution < 1.29 is 18.7 Å². The van der Waals surface area contributed by atoms with Gasteiger partial charge in [-0.1, -0.05) is 0 Å². The lowest BCUT2D eigenvalue weighted by Crippen LogP contribution is -2.43. The van der Waals surface area contributed by atoms with Crippen molar-refractivity contribution in [2.75, 3.05) is 40.0 Å². The molecule has 1 aliphatic rings. The lowest BCUT2D eigenvalue weighted by molar-refractivity contribution is 0.0161. The third kappa shape index (κ3) is 4.11. The molecule has 0 radical (unpaired) electrons. The summed E-state index contributed by atoms with van der Waals surface area (Å²) >= 11 is 0. The van der Waals surface area contributed by atoms with Gasteiger partial charge in [-0.15, -0.1) is 0 Å². The first-order chi connectivity index (χ1) is 14.2. The van der Waals surface area contributed by atoms with Gasteiger partial charge in [0.05, 0.1) is 26.4 Å². The number of rotatable bonds is 6. The number of nitrogens with zero attached hydrogens (tertiary/aromatic N) is 2. The van der Waals surface area contributed by atoms with Crippen LogP contribution in [0.2, 0.25) is 0 Å². The molecule has 1 amide bonds. The Labute approximate surface area is 169 Å². The van der Waals surface area contributed by atoms with Crippen LogP contribution < -0.4 is 10.1 Å². The summed E-state index contributed by atoms with van der Waals surface area (Å²) in [4.78, 5) is 19.4. The minimum atomic E-state index is -0.218. The number of aromatic nitrogens is 1. The second-order valence-electron chi connectivity index (χ2n) is 7.07. The lowest BCUT2D eigenvalue weighted by Gasteiger charge is -2.34. The minimum absolute atomic E-state index is 0.0515. The van der Waals surface area contributed by atoms with Gasteiger partial charge in [0, 0.05) is 49.0 Å². The molecule has 0 saturated carbocycles. The van der Waals surface area contributed by atoms with Gasteiger partial charge in [-0.2, -0.15) is 0 Å². The summed E-state index contributed by atoms with van der Waals surface area (Å²) in [6, 6.07) is 9.61. The zero-order valence-corrected chi connectivity index (χ0v) is 16.7. The van der Waals surface area contributed by atoms with Crippen LogP contribution >= 0.6 is 0 Å². The quantitative estimate of drug-likeness (QED) is 0.692. The van der Waals surface area contributed by atoms with Crippen molar-refractivity contribution in [2.45, 2.75) is 13.0 Å². The third-order valence-corrected chi connectivity index (χ3v) is 5.38. The molecule has 0 unspecified atom stereocenters. The highest BCUT2D eigenvalue weighted by Gasteiger charge is 2.25. The average molecular weight is 395 g/mol. The van der Waals surface area contributed by atoms with Crippen molar-refractivity contribution in [3.05, 3.63) is 59.6 Å². The number of hydrogen-bond acceptors (Lipinski definition) is 6. The molecule has 0 spiro atoms. The SMILES string of the molecule is COc1ccc2c(C)c(C(=O)NC[C@@H](c3ccncc3)N3CCOCC3)oc2c1. The number of ether oxygens (including phenoxy) is 2. The third-order valence-electron chi connectivity index (χ3n) is 5.38. The molecular weight excluding hydrogens is 370 g/mol. The predicted molar refractivity (Wildman–Crippen MR) is 109 cm³/mol. The van der Waals surface area contributed by atoms with Crippen LogP contribution in [0.15, 0.2) is 47.1 Å². The summed E-state index contributed by atoms with van der Waals surface area (Å²) in [5.41, 5.74) is 2.59. The molecule has 2 aromatic heterocycles. The fourth-order valence-corrected chi connectivity index (χ4v) is 3.75. The number of carbonyl (C=O) groups excluding carboxylic acids is 1. The first-order valence-corrected chi connectivity index (χ1v) is 9.74. The maximum Gasteiger partial charge on any atom is 0.287 e. The van der Waals surface area contributed by atoms with E-state index in [0.29, 0.717) is 36.9 Å². The van der Waals surface area contributed by atoms with Gasteiger partial charge in [0.1, 0.15) is 11.3 Å². The maximum atomic E-state index is 12.9. The first-order valence-electron chi connectivity index (χ1n) is 9.74. The molecule has 0 aliphatic carbocycles. The average Bonchev–Trinajstić information content (AvgIpc) is 3.11. The summed E-state index contributed by atoms with van der Waals surface area (Å²) < 4.78 is 16.6. The highest BCUT2D eigenvalue weighted by atomic mass is 16.5. The Bertz CT molecular complexity index is 980. The fourth-order valence-electron chi connectivity index (χ4n) is 3.75. The van der Waals surface area contributed by atoms with E-state index in [1.165, 1.54) is 0 Å². The van der Waals surface area contributed by atoms with Crippen molar-refractivity contribution in [3.8, 4) is 5.75 Å². The molecule has 29 heavy (non-hydrogen) atoms. The summed E-state index contributed by atoms with van der Waals surface area (Å²) in [5, 5.41) is 3.97. The van der Waals surface area contributed by atoms with Gasteiger partial charge < -0.3 is 19.2 Å². The number of carbonyl (C=O) groups is 1. The number of morpholine rings is 1. The standard InChI is InChI=1S/C22H25N3O4/c1-15-18-4-3-17(27-2)13-20(18)29-21(15)22(26)24-14-19(16-5-7-23-8-6-16)25-9-11-28-12-10-25/h3-8,13,19H,9-12,14H2,1-2H3,(H,24,26)/t19-/m0/s1. The molecule has 3 aromatic rings. The number of benzene rings is 1. The van der Waals surface area contributed by atoms with E-state index in [4.69, 9.17) is 13.9 Å². The molecule has 7 nitrogen and oxygen atoms in total. The number of amides is 1. The van der Waals surface area contributed by atoms with Crippen LogP contribution in [-0.2, 0) is 4.74 Å². The Morgan fingerprint density at radius 3 is 2.72 bits per heavy atom. The highest BCUT2D eigenvalue weighted by Crippen LogP contribution is 2.29. The number of methoxy groups -OCH3 is 1.